The largest absolute Gasteiger partial charge is 0.415 e. The maximum atomic E-state index is 12.5. The van der Waals surface area contributed by atoms with Gasteiger partial charge in [-0.05, 0) is 67.9 Å². The van der Waals surface area contributed by atoms with Gasteiger partial charge in [-0.3, -0.25) is 4.98 Å². The van der Waals surface area contributed by atoms with Gasteiger partial charge in [-0.15, -0.1) is 10.2 Å². The van der Waals surface area contributed by atoms with E-state index >= 15 is 0 Å². The van der Waals surface area contributed by atoms with Gasteiger partial charge in [0.05, 0.1) is 24.0 Å². The quantitative estimate of drug-likeness (QED) is 0.789. The van der Waals surface area contributed by atoms with Crippen molar-refractivity contribution in [3.8, 4) is 11.5 Å². The van der Waals surface area contributed by atoms with Crippen molar-refractivity contribution in [1.29, 1.82) is 0 Å². The third-order valence-electron chi connectivity index (χ3n) is 6.26. The number of halogens is 2. The van der Waals surface area contributed by atoms with Crippen LogP contribution >= 0.6 is 0 Å². The standard InChI is InChI=1S/C19H21F2N3O2/c20-17(21)19-24-23-18(26-19)12-1-2-15(22-8-12)9-25-16-13-4-10-3-11(6-13)7-14(16)5-10/h1-2,8,10-11,13-14,16-17H,3-7,9H2. The van der Waals surface area contributed by atoms with E-state index in [4.69, 9.17) is 9.15 Å². The van der Waals surface area contributed by atoms with Gasteiger partial charge in [-0.25, -0.2) is 0 Å². The van der Waals surface area contributed by atoms with Gasteiger partial charge in [-0.2, -0.15) is 8.78 Å². The van der Waals surface area contributed by atoms with Gasteiger partial charge < -0.3 is 9.15 Å². The number of aromatic nitrogens is 3. The minimum Gasteiger partial charge on any atom is -0.415 e. The number of hydrogen-bond acceptors (Lipinski definition) is 5. The summed E-state index contributed by atoms with van der Waals surface area (Å²) in [5.74, 6) is 2.69. The number of ether oxygens (including phenoxy) is 1. The Kier molecular flexibility index (Phi) is 3.99. The first-order valence-corrected chi connectivity index (χ1v) is 9.34. The van der Waals surface area contributed by atoms with Gasteiger partial charge in [0.25, 0.3) is 5.89 Å². The normalized spacial score (nSPS) is 32.5. The summed E-state index contributed by atoms with van der Waals surface area (Å²) in [5.41, 5.74) is 1.36. The van der Waals surface area contributed by atoms with E-state index in [1.54, 1.807) is 12.3 Å². The lowest BCUT2D eigenvalue weighted by atomic mass is 9.55. The summed E-state index contributed by atoms with van der Waals surface area (Å²) in [6, 6.07) is 3.59. The second-order valence-electron chi connectivity index (χ2n) is 7.99. The highest BCUT2D eigenvalue weighted by Crippen LogP contribution is 2.54. The van der Waals surface area contributed by atoms with Crippen LogP contribution in [0.5, 0.6) is 0 Å². The van der Waals surface area contributed by atoms with Gasteiger partial charge in [0.2, 0.25) is 5.89 Å². The summed E-state index contributed by atoms with van der Waals surface area (Å²) in [4.78, 5) is 4.37. The lowest BCUT2D eigenvalue weighted by Gasteiger charge is -2.53. The van der Waals surface area contributed by atoms with E-state index in [0.717, 1.165) is 29.4 Å². The van der Waals surface area contributed by atoms with E-state index in [-0.39, 0.29) is 5.89 Å². The van der Waals surface area contributed by atoms with Crippen molar-refractivity contribution in [1.82, 2.24) is 15.2 Å². The molecule has 5 nitrogen and oxygen atoms in total. The van der Waals surface area contributed by atoms with Crippen LogP contribution in [0.25, 0.3) is 11.5 Å². The molecule has 2 aromatic rings. The Balaban J connectivity index is 1.23. The fourth-order valence-electron chi connectivity index (χ4n) is 5.40. The highest BCUT2D eigenvalue weighted by atomic mass is 19.3. The molecule has 0 amide bonds. The molecule has 4 aliphatic carbocycles. The SMILES string of the molecule is FC(F)c1nnc(-c2ccc(COC3C4CC5CC(C4)CC3C5)nc2)o1. The van der Waals surface area contributed by atoms with Crippen LogP contribution in [0.2, 0.25) is 0 Å². The molecular formula is C19H21F2N3O2. The van der Waals surface area contributed by atoms with Crippen molar-refractivity contribution in [2.45, 2.75) is 51.2 Å². The van der Waals surface area contributed by atoms with Gasteiger partial charge in [0.15, 0.2) is 0 Å². The number of pyridine rings is 1. The highest BCUT2D eigenvalue weighted by Gasteiger charge is 2.48. The molecule has 4 aliphatic rings. The number of alkyl halides is 2. The van der Waals surface area contributed by atoms with E-state index in [1.807, 2.05) is 6.07 Å². The smallest absolute Gasteiger partial charge is 0.314 e. The monoisotopic (exact) mass is 361 g/mol. The summed E-state index contributed by atoms with van der Waals surface area (Å²) in [6.45, 7) is 0.486. The Hall–Kier alpha value is -1.89. The summed E-state index contributed by atoms with van der Waals surface area (Å²) in [7, 11) is 0. The van der Waals surface area contributed by atoms with Crippen molar-refractivity contribution >= 4 is 0 Å². The van der Waals surface area contributed by atoms with Crippen molar-refractivity contribution in [3.05, 3.63) is 29.9 Å². The third kappa shape index (κ3) is 2.92. The minimum atomic E-state index is -2.77. The van der Waals surface area contributed by atoms with Crippen LogP contribution in [0.3, 0.4) is 0 Å². The minimum absolute atomic E-state index is 0.0568. The number of rotatable bonds is 5. The third-order valence-corrected chi connectivity index (χ3v) is 6.26. The van der Waals surface area contributed by atoms with E-state index in [9.17, 15) is 8.78 Å². The fraction of sp³-hybridized carbons (Fsp3) is 0.632. The molecule has 0 N–H and O–H groups in total. The molecule has 4 bridgehead atoms. The first-order valence-electron chi connectivity index (χ1n) is 9.34. The van der Waals surface area contributed by atoms with Crippen molar-refractivity contribution in [2.75, 3.05) is 0 Å². The van der Waals surface area contributed by atoms with Gasteiger partial charge in [-0.1, -0.05) is 0 Å². The van der Waals surface area contributed by atoms with Crippen molar-refractivity contribution in [3.63, 3.8) is 0 Å². The first-order chi connectivity index (χ1) is 12.7. The van der Waals surface area contributed by atoms with Crippen LogP contribution in [-0.2, 0) is 11.3 Å². The van der Waals surface area contributed by atoms with Gasteiger partial charge in [0, 0.05) is 6.20 Å². The van der Waals surface area contributed by atoms with Gasteiger partial charge in [0.1, 0.15) is 0 Å². The summed E-state index contributed by atoms with van der Waals surface area (Å²) in [6.07, 6.45) is 5.92. The zero-order valence-electron chi connectivity index (χ0n) is 14.4. The van der Waals surface area contributed by atoms with Crippen molar-refractivity contribution < 1.29 is 17.9 Å². The molecule has 0 unspecified atom stereocenters. The van der Waals surface area contributed by atoms with Crippen LogP contribution in [0.4, 0.5) is 8.78 Å². The predicted molar refractivity (Wildman–Crippen MR) is 88.1 cm³/mol. The molecule has 2 heterocycles. The predicted octanol–water partition coefficient (Wildman–Crippen LogP) is 4.41. The first kappa shape index (κ1) is 16.3. The van der Waals surface area contributed by atoms with Crippen LogP contribution in [0.1, 0.15) is 50.1 Å². The Morgan fingerprint density at radius 1 is 1.04 bits per heavy atom. The Bertz CT molecular complexity index is 749. The lowest BCUT2D eigenvalue weighted by molar-refractivity contribution is -0.132. The fourth-order valence-corrected chi connectivity index (χ4v) is 5.40. The molecule has 6 rings (SSSR count). The van der Waals surface area contributed by atoms with Crippen LogP contribution in [-0.4, -0.2) is 21.3 Å². The Morgan fingerprint density at radius 3 is 2.35 bits per heavy atom. The van der Waals surface area contributed by atoms with E-state index < -0.39 is 12.3 Å². The maximum absolute atomic E-state index is 12.5. The topological polar surface area (TPSA) is 61.0 Å². The molecule has 4 fully saturated rings. The van der Waals surface area contributed by atoms with E-state index in [0.29, 0.717) is 18.3 Å². The highest BCUT2D eigenvalue weighted by molar-refractivity contribution is 5.50. The average molecular weight is 361 g/mol. The van der Waals surface area contributed by atoms with Crippen molar-refractivity contribution in [2.24, 2.45) is 23.7 Å². The molecule has 26 heavy (non-hydrogen) atoms. The Morgan fingerprint density at radius 2 is 1.77 bits per heavy atom. The zero-order valence-corrected chi connectivity index (χ0v) is 14.4. The average Bonchev–Trinajstić information content (AvgIpc) is 3.11. The summed E-state index contributed by atoms with van der Waals surface area (Å²) in [5, 5.41) is 6.97. The molecule has 7 heteroatoms. The lowest BCUT2D eigenvalue weighted by Crippen LogP contribution is -2.49. The second kappa shape index (κ2) is 6.37. The zero-order chi connectivity index (χ0) is 17.7. The van der Waals surface area contributed by atoms with E-state index in [1.165, 1.54) is 32.1 Å². The molecule has 0 aliphatic heterocycles. The second-order valence-corrected chi connectivity index (χ2v) is 7.99. The molecule has 0 saturated heterocycles. The van der Waals surface area contributed by atoms with Crippen LogP contribution < -0.4 is 0 Å². The molecule has 4 saturated carbocycles. The molecule has 0 atom stereocenters. The number of hydrogen-bond donors (Lipinski definition) is 0. The summed E-state index contributed by atoms with van der Waals surface area (Å²) < 4.78 is 36.3. The number of nitrogens with zero attached hydrogens (tertiary/aromatic N) is 3. The molecular weight excluding hydrogens is 340 g/mol. The Labute approximate surface area is 150 Å². The van der Waals surface area contributed by atoms with E-state index in [2.05, 4.69) is 15.2 Å². The molecule has 0 aromatic carbocycles. The van der Waals surface area contributed by atoms with Gasteiger partial charge >= 0.3 is 6.43 Å². The van der Waals surface area contributed by atoms with Crippen LogP contribution in [0, 0.1) is 23.7 Å². The molecule has 138 valence electrons. The molecule has 2 aromatic heterocycles. The molecule has 0 radical (unpaired) electrons. The maximum Gasteiger partial charge on any atom is 0.314 e. The van der Waals surface area contributed by atoms with Crippen LogP contribution in [0.15, 0.2) is 22.7 Å². The molecule has 0 spiro atoms. The summed E-state index contributed by atoms with van der Waals surface area (Å²) >= 11 is 0.